The number of aryl methyl sites for hydroxylation is 2. The number of hydrogen-bond donors (Lipinski definition) is 0. The van der Waals surface area contributed by atoms with Crippen LogP contribution in [0.3, 0.4) is 0 Å². The van der Waals surface area contributed by atoms with Gasteiger partial charge in [-0.3, -0.25) is 0 Å². The fourth-order valence-electron chi connectivity index (χ4n) is 3.83. The van der Waals surface area contributed by atoms with Gasteiger partial charge in [-0.1, -0.05) is 41.3 Å². The Labute approximate surface area is 188 Å². The summed E-state index contributed by atoms with van der Waals surface area (Å²) in [5.74, 6) is 6.43. The van der Waals surface area contributed by atoms with E-state index in [1.165, 1.54) is 42.7 Å². The molecule has 4 rings (SSSR count). The topological polar surface area (TPSA) is 16.1 Å². The maximum Gasteiger partial charge on any atom is 0.113 e. The summed E-state index contributed by atoms with van der Waals surface area (Å²) in [7, 11) is 0. The van der Waals surface area contributed by atoms with Crippen LogP contribution in [0.4, 0.5) is 5.69 Å². The summed E-state index contributed by atoms with van der Waals surface area (Å²) in [6.07, 6.45) is 6.19. The number of pyridine rings is 1. The van der Waals surface area contributed by atoms with Crippen LogP contribution in [0.2, 0.25) is 10.0 Å². The van der Waals surface area contributed by atoms with E-state index in [9.17, 15) is 0 Å². The van der Waals surface area contributed by atoms with Gasteiger partial charge in [-0.25, -0.2) is 4.98 Å². The van der Waals surface area contributed by atoms with Gasteiger partial charge in [0.2, 0.25) is 0 Å². The zero-order valence-corrected chi connectivity index (χ0v) is 18.6. The van der Waals surface area contributed by atoms with E-state index in [2.05, 4.69) is 46.8 Å². The van der Waals surface area contributed by atoms with Crippen LogP contribution in [0.1, 0.15) is 36.1 Å². The second-order valence-corrected chi connectivity index (χ2v) is 8.51. The minimum absolute atomic E-state index is 0.620. The van der Waals surface area contributed by atoms with Crippen molar-refractivity contribution in [3.8, 4) is 23.0 Å². The molecule has 1 aromatic heterocycles. The maximum absolute atomic E-state index is 6.28. The largest absolute Gasteiger partial charge is 0.372 e. The number of nitrogens with zero attached hydrogens (tertiary/aromatic N) is 2. The standard InChI is InChI=1S/C26H24Cl2N2/c1-19-16-24(30-14-4-5-15-30)12-9-20(19)6-2-3-7-23-11-8-21(18-29-23)25-13-10-22(27)17-26(25)28/h8-13,16-18H,2,4-6,14-15H2,1H3. The lowest BCUT2D eigenvalue weighted by Crippen LogP contribution is -2.17. The van der Waals surface area contributed by atoms with E-state index in [1.807, 2.05) is 24.3 Å². The van der Waals surface area contributed by atoms with Gasteiger partial charge in [0.25, 0.3) is 0 Å². The Morgan fingerprint density at radius 3 is 2.53 bits per heavy atom. The van der Waals surface area contributed by atoms with Gasteiger partial charge in [0.15, 0.2) is 0 Å². The minimum Gasteiger partial charge on any atom is -0.372 e. The van der Waals surface area contributed by atoms with Crippen LogP contribution in [0.25, 0.3) is 11.1 Å². The third-order valence-corrected chi connectivity index (χ3v) is 6.09. The van der Waals surface area contributed by atoms with Gasteiger partial charge in [-0.05, 0) is 79.6 Å². The molecule has 0 N–H and O–H groups in total. The fourth-order valence-corrected chi connectivity index (χ4v) is 4.35. The highest BCUT2D eigenvalue weighted by molar-refractivity contribution is 6.36. The van der Waals surface area contributed by atoms with Gasteiger partial charge in [0.1, 0.15) is 5.69 Å². The first-order chi connectivity index (χ1) is 14.6. The molecule has 1 saturated heterocycles. The third kappa shape index (κ3) is 4.98. The van der Waals surface area contributed by atoms with Gasteiger partial charge in [0, 0.05) is 52.6 Å². The quantitative estimate of drug-likeness (QED) is 0.413. The molecule has 30 heavy (non-hydrogen) atoms. The molecule has 0 unspecified atom stereocenters. The van der Waals surface area contributed by atoms with Crippen molar-refractivity contribution < 1.29 is 0 Å². The lowest BCUT2D eigenvalue weighted by molar-refractivity contribution is 0.949. The number of halogens is 2. The summed E-state index contributed by atoms with van der Waals surface area (Å²) in [5.41, 5.74) is 6.71. The minimum atomic E-state index is 0.620. The smallest absolute Gasteiger partial charge is 0.113 e. The van der Waals surface area contributed by atoms with Crippen LogP contribution in [0.5, 0.6) is 0 Å². The molecule has 0 amide bonds. The second-order valence-electron chi connectivity index (χ2n) is 7.66. The van der Waals surface area contributed by atoms with E-state index in [0.717, 1.165) is 29.7 Å². The highest BCUT2D eigenvalue weighted by atomic mass is 35.5. The van der Waals surface area contributed by atoms with Crippen molar-refractivity contribution in [3.05, 3.63) is 81.6 Å². The Bertz CT molecular complexity index is 1090. The Kier molecular flexibility index (Phi) is 6.62. The average Bonchev–Trinajstić information content (AvgIpc) is 3.28. The van der Waals surface area contributed by atoms with Crippen LogP contribution in [-0.4, -0.2) is 18.1 Å². The molecule has 0 bridgehead atoms. The average molecular weight is 435 g/mol. The summed E-state index contributed by atoms with van der Waals surface area (Å²) >= 11 is 12.3. The number of anilines is 1. The molecule has 3 aromatic rings. The molecule has 1 aliphatic rings. The Morgan fingerprint density at radius 2 is 1.83 bits per heavy atom. The SMILES string of the molecule is Cc1cc(N2CCCC2)ccc1CCC#Cc1ccc(-c2ccc(Cl)cc2Cl)cn1. The molecule has 2 heterocycles. The molecule has 152 valence electrons. The highest BCUT2D eigenvalue weighted by Crippen LogP contribution is 2.30. The second kappa shape index (κ2) is 9.56. The third-order valence-electron chi connectivity index (χ3n) is 5.54. The summed E-state index contributed by atoms with van der Waals surface area (Å²) in [5, 5.41) is 1.24. The number of hydrogen-bond acceptors (Lipinski definition) is 2. The number of benzene rings is 2. The van der Waals surface area contributed by atoms with E-state index in [4.69, 9.17) is 23.2 Å². The van der Waals surface area contributed by atoms with Crippen molar-refractivity contribution in [2.24, 2.45) is 0 Å². The fraction of sp³-hybridized carbons (Fsp3) is 0.269. The first-order valence-electron chi connectivity index (χ1n) is 10.3. The molecule has 1 aliphatic heterocycles. The van der Waals surface area contributed by atoms with Gasteiger partial charge < -0.3 is 4.90 Å². The van der Waals surface area contributed by atoms with Gasteiger partial charge in [-0.15, -0.1) is 0 Å². The zero-order valence-electron chi connectivity index (χ0n) is 17.1. The van der Waals surface area contributed by atoms with Crippen LogP contribution in [-0.2, 0) is 6.42 Å². The molecule has 2 nitrogen and oxygen atoms in total. The van der Waals surface area contributed by atoms with Crippen LogP contribution >= 0.6 is 23.2 Å². The van der Waals surface area contributed by atoms with Crippen LogP contribution in [0.15, 0.2) is 54.7 Å². The van der Waals surface area contributed by atoms with E-state index < -0.39 is 0 Å². The molecular weight excluding hydrogens is 411 g/mol. The number of aromatic nitrogens is 1. The lowest BCUT2D eigenvalue weighted by Gasteiger charge is -2.19. The van der Waals surface area contributed by atoms with Crippen molar-refractivity contribution in [3.63, 3.8) is 0 Å². The van der Waals surface area contributed by atoms with E-state index in [1.54, 1.807) is 12.3 Å². The normalized spacial score (nSPS) is 13.2. The van der Waals surface area contributed by atoms with Crippen molar-refractivity contribution in [2.45, 2.75) is 32.6 Å². The van der Waals surface area contributed by atoms with E-state index >= 15 is 0 Å². The highest BCUT2D eigenvalue weighted by Gasteiger charge is 2.12. The predicted molar refractivity (Wildman–Crippen MR) is 128 cm³/mol. The van der Waals surface area contributed by atoms with Gasteiger partial charge in [0.05, 0.1) is 0 Å². The molecule has 4 heteroatoms. The summed E-state index contributed by atoms with van der Waals surface area (Å²) in [6.45, 7) is 4.56. The first-order valence-corrected chi connectivity index (χ1v) is 11.1. The van der Waals surface area contributed by atoms with Crippen molar-refractivity contribution in [1.29, 1.82) is 0 Å². The molecule has 0 aliphatic carbocycles. The van der Waals surface area contributed by atoms with Crippen molar-refractivity contribution in [1.82, 2.24) is 4.98 Å². The van der Waals surface area contributed by atoms with E-state index in [0.29, 0.717) is 10.0 Å². The molecule has 0 spiro atoms. The zero-order chi connectivity index (χ0) is 20.9. The van der Waals surface area contributed by atoms with Gasteiger partial charge >= 0.3 is 0 Å². The molecule has 0 atom stereocenters. The molecule has 2 aromatic carbocycles. The number of rotatable bonds is 4. The van der Waals surface area contributed by atoms with Crippen molar-refractivity contribution in [2.75, 3.05) is 18.0 Å². The van der Waals surface area contributed by atoms with Crippen LogP contribution < -0.4 is 4.90 Å². The Morgan fingerprint density at radius 1 is 1.00 bits per heavy atom. The maximum atomic E-state index is 6.28. The predicted octanol–water partition coefficient (Wildman–Crippen LogP) is 6.95. The van der Waals surface area contributed by atoms with Gasteiger partial charge in [-0.2, -0.15) is 0 Å². The summed E-state index contributed by atoms with van der Waals surface area (Å²) in [4.78, 5) is 6.94. The summed E-state index contributed by atoms with van der Waals surface area (Å²) < 4.78 is 0. The molecule has 0 saturated carbocycles. The van der Waals surface area contributed by atoms with Crippen LogP contribution in [0, 0.1) is 18.8 Å². The lowest BCUT2D eigenvalue weighted by atomic mass is 10.0. The first kappa shape index (κ1) is 20.8. The molecule has 1 fully saturated rings. The Hall–Kier alpha value is -2.47. The van der Waals surface area contributed by atoms with E-state index in [-0.39, 0.29) is 0 Å². The monoisotopic (exact) mass is 434 g/mol. The molecular formula is C26H24Cl2N2. The summed E-state index contributed by atoms with van der Waals surface area (Å²) in [6, 6.07) is 16.2. The molecule has 0 radical (unpaired) electrons. The van der Waals surface area contributed by atoms with Crippen molar-refractivity contribution >= 4 is 28.9 Å². The Balaban J connectivity index is 1.36.